The predicted molar refractivity (Wildman–Crippen MR) is 94.1 cm³/mol. The fraction of sp³-hybridized carbons (Fsp3) is 0.333. The third-order valence-electron chi connectivity index (χ3n) is 3.18. The van der Waals surface area contributed by atoms with Crippen molar-refractivity contribution in [3.05, 3.63) is 36.0 Å². The van der Waals surface area contributed by atoms with Crippen molar-refractivity contribution < 1.29 is 9.26 Å². The Morgan fingerprint density at radius 1 is 1.33 bits per heavy atom. The summed E-state index contributed by atoms with van der Waals surface area (Å²) in [5.74, 6) is 2.08. The van der Waals surface area contributed by atoms with Crippen molar-refractivity contribution >= 4 is 33.9 Å². The van der Waals surface area contributed by atoms with Crippen LogP contribution in [-0.4, -0.2) is 27.4 Å². The molecule has 9 heteroatoms. The Labute approximate surface area is 147 Å². The lowest BCUT2D eigenvalue weighted by Crippen LogP contribution is -1.93. The van der Waals surface area contributed by atoms with Crippen LogP contribution in [0.15, 0.2) is 33.1 Å². The Hall–Kier alpha value is -2.13. The molecule has 0 aliphatic carbocycles. The summed E-state index contributed by atoms with van der Waals surface area (Å²) in [4.78, 5) is 4.35. The molecule has 1 unspecified atom stereocenters. The van der Waals surface area contributed by atoms with Crippen LogP contribution in [0.4, 0.5) is 10.8 Å². The van der Waals surface area contributed by atoms with Gasteiger partial charge in [-0.1, -0.05) is 47.3 Å². The molecular formula is C15H17N5O2S2. The number of aryl methyl sites for hydroxylation is 1. The highest BCUT2D eigenvalue weighted by molar-refractivity contribution is 8.01. The summed E-state index contributed by atoms with van der Waals surface area (Å²) in [6.07, 6.45) is 0.757. The van der Waals surface area contributed by atoms with Gasteiger partial charge >= 0.3 is 0 Å². The Morgan fingerprint density at radius 2 is 2.17 bits per heavy atom. The molecule has 0 aliphatic heterocycles. The van der Waals surface area contributed by atoms with Crippen LogP contribution < -0.4 is 10.1 Å². The van der Waals surface area contributed by atoms with Crippen molar-refractivity contribution in [2.75, 3.05) is 12.4 Å². The minimum atomic E-state index is 0.0184. The standard InChI is InChI=1S/C15H17N5O2S2/c1-4-12-17-13(22-20-12)9(2)23-15-19-18-14(24-15)16-10-7-5-6-8-11(10)21-3/h5-9H,4H2,1-3H3,(H,16,18). The summed E-state index contributed by atoms with van der Waals surface area (Å²) in [5, 5.41) is 16.2. The largest absolute Gasteiger partial charge is 0.495 e. The third-order valence-corrected chi connectivity index (χ3v) is 5.19. The molecule has 126 valence electrons. The third kappa shape index (κ3) is 3.85. The lowest BCUT2D eigenvalue weighted by Gasteiger charge is -2.07. The van der Waals surface area contributed by atoms with Crippen LogP contribution in [0.2, 0.25) is 0 Å². The Morgan fingerprint density at radius 3 is 2.92 bits per heavy atom. The number of ether oxygens (including phenoxy) is 1. The van der Waals surface area contributed by atoms with E-state index in [0.717, 1.165) is 22.2 Å². The molecule has 0 radical (unpaired) electrons. The first-order valence-corrected chi connectivity index (χ1v) is 9.12. The first kappa shape index (κ1) is 16.7. The van der Waals surface area contributed by atoms with Crippen molar-refractivity contribution in [2.24, 2.45) is 0 Å². The van der Waals surface area contributed by atoms with E-state index < -0.39 is 0 Å². The smallest absolute Gasteiger partial charge is 0.239 e. The van der Waals surface area contributed by atoms with Gasteiger partial charge in [-0.3, -0.25) is 0 Å². The maximum Gasteiger partial charge on any atom is 0.239 e. The van der Waals surface area contributed by atoms with Gasteiger partial charge in [-0.25, -0.2) is 0 Å². The summed E-state index contributed by atoms with van der Waals surface area (Å²) in [7, 11) is 1.64. The van der Waals surface area contributed by atoms with Crippen LogP contribution in [0.3, 0.4) is 0 Å². The Kier molecular flexibility index (Phi) is 5.31. The Balaban J connectivity index is 1.67. The van der Waals surface area contributed by atoms with Gasteiger partial charge in [-0.15, -0.1) is 10.2 Å². The predicted octanol–water partition coefficient (Wildman–Crippen LogP) is 4.09. The molecule has 3 rings (SSSR count). The van der Waals surface area contributed by atoms with E-state index in [2.05, 4.69) is 25.7 Å². The number of nitrogens with zero attached hydrogens (tertiary/aromatic N) is 4. The van der Waals surface area contributed by atoms with Gasteiger partial charge in [0.25, 0.3) is 0 Å². The van der Waals surface area contributed by atoms with E-state index in [1.54, 1.807) is 7.11 Å². The van der Waals surface area contributed by atoms with Crippen LogP contribution in [-0.2, 0) is 6.42 Å². The molecule has 1 aromatic carbocycles. The molecule has 0 bridgehead atoms. The summed E-state index contributed by atoms with van der Waals surface area (Å²) in [6.45, 7) is 4.00. The first-order valence-electron chi connectivity index (χ1n) is 7.42. The number of anilines is 2. The molecule has 3 aromatic rings. The number of thioether (sulfide) groups is 1. The molecule has 2 heterocycles. The van der Waals surface area contributed by atoms with Crippen molar-refractivity contribution in [3.8, 4) is 5.75 Å². The van der Waals surface area contributed by atoms with E-state index in [1.807, 2.05) is 38.1 Å². The SMILES string of the molecule is CCc1noc(C(C)Sc2nnc(Nc3ccccc3OC)s2)n1. The van der Waals surface area contributed by atoms with Gasteiger partial charge in [0.1, 0.15) is 5.75 Å². The van der Waals surface area contributed by atoms with Crippen LogP contribution in [0.5, 0.6) is 5.75 Å². The molecule has 7 nitrogen and oxygen atoms in total. The number of methoxy groups -OCH3 is 1. The molecule has 0 saturated carbocycles. The number of rotatable bonds is 7. The lowest BCUT2D eigenvalue weighted by atomic mass is 10.3. The van der Waals surface area contributed by atoms with Crippen LogP contribution in [0.25, 0.3) is 0 Å². The first-order chi connectivity index (χ1) is 11.7. The molecule has 0 spiro atoms. The van der Waals surface area contributed by atoms with Crippen LogP contribution >= 0.6 is 23.1 Å². The van der Waals surface area contributed by atoms with E-state index >= 15 is 0 Å². The van der Waals surface area contributed by atoms with E-state index in [9.17, 15) is 0 Å². The number of aromatic nitrogens is 4. The number of para-hydroxylation sites is 2. The maximum absolute atomic E-state index is 5.32. The van der Waals surface area contributed by atoms with Crippen molar-refractivity contribution in [3.63, 3.8) is 0 Å². The topological polar surface area (TPSA) is 86.0 Å². The highest BCUT2D eigenvalue weighted by Gasteiger charge is 2.18. The molecule has 0 saturated heterocycles. The van der Waals surface area contributed by atoms with Crippen molar-refractivity contribution in [1.29, 1.82) is 0 Å². The molecule has 1 N–H and O–H groups in total. The number of nitrogens with one attached hydrogen (secondary N) is 1. The second kappa shape index (κ2) is 7.63. The number of hydrogen-bond acceptors (Lipinski definition) is 9. The molecule has 2 aromatic heterocycles. The average Bonchev–Trinajstić information content (AvgIpc) is 3.24. The zero-order chi connectivity index (χ0) is 16.9. The van der Waals surface area contributed by atoms with Crippen molar-refractivity contribution in [2.45, 2.75) is 29.9 Å². The molecule has 1 atom stereocenters. The Bertz CT molecular complexity index is 805. The van der Waals surface area contributed by atoms with Gasteiger partial charge in [-0.2, -0.15) is 4.98 Å². The van der Waals surface area contributed by atoms with E-state index in [0.29, 0.717) is 16.8 Å². The molecule has 24 heavy (non-hydrogen) atoms. The van der Waals surface area contributed by atoms with Crippen LogP contribution in [0.1, 0.15) is 30.8 Å². The van der Waals surface area contributed by atoms with Gasteiger partial charge in [0.15, 0.2) is 10.2 Å². The minimum Gasteiger partial charge on any atom is -0.495 e. The summed E-state index contributed by atoms with van der Waals surface area (Å²) in [6, 6.07) is 7.68. The monoisotopic (exact) mass is 363 g/mol. The van der Waals surface area contributed by atoms with Crippen LogP contribution in [0, 0.1) is 0 Å². The van der Waals surface area contributed by atoms with E-state index in [1.165, 1.54) is 23.1 Å². The number of benzene rings is 1. The molecular weight excluding hydrogens is 346 g/mol. The zero-order valence-electron chi connectivity index (χ0n) is 13.5. The normalized spacial score (nSPS) is 12.1. The summed E-state index contributed by atoms with van der Waals surface area (Å²) >= 11 is 3.01. The molecule has 0 fully saturated rings. The summed E-state index contributed by atoms with van der Waals surface area (Å²) in [5.41, 5.74) is 0.852. The molecule has 0 aliphatic rings. The van der Waals surface area contributed by atoms with E-state index in [-0.39, 0.29) is 5.25 Å². The van der Waals surface area contributed by atoms with Gasteiger partial charge < -0.3 is 14.6 Å². The quantitative estimate of drug-likeness (QED) is 0.628. The fourth-order valence-corrected chi connectivity index (χ4v) is 3.89. The minimum absolute atomic E-state index is 0.0184. The second-order valence-electron chi connectivity index (χ2n) is 4.86. The average molecular weight is 363 g/mol. The fourth-order valence-electron chi connectivity index (χ4n) is 1.95. The van der Waals surface area contributed by atoms with Gasteiger partial charge in [0.2, 0.25) is 11.0 Å². The lowest BCUT2D eigenvalue weighted by molar-refractivity contribution is 0.375. The zero-order valence-corrected chi connectivity index (χ0v) is 15.1. The second-order valence-corrected chi connectivity index (χ2v) is 7.43. The highest BCUT2D eigenvalue weighted by atomic mass is 32.2. The van der Waals surface area contributed by atoms with Gasteiger partial charge in [-0.05, 0) is 19.1 Å². The number of hydrogen-bond donors (Lipinski definition) is 1. The van der Waals surface area contributed by atoms with Gasteiger partial charge in [0.05, 0.1) is 18.0 Å². The van der Waals surface area contributed by atoms with E-state index in [4.69, 9.17) is 9.26 Å². The maximum atomic E-state index is 5.32. The van der Waals surface area contributed by atoms with Crippen molar-refractivity contribution in [1.82, 2.24) is 20.3 Å². The summed E-state index contributed by atoms with van der Waals surface area (Å²) < 4.78 is 11.4. The molecule has 0 amide bonds. The van der Waals surface area contributed by atoms with Gasteiger partial charge in [0, 0.05) is 6.42 Å². The highest BCUT2D eigenvalue weighted by Crippen LogP contribution is 2.38.